The van der Waals surface area contributed by atoms with Gasteiger partial charge in [0.2, 0.25) is 0 Å². The largest absolute Gasteiger partial charge is 0.461 e. The number of halogens is 3. The van der Waals surface area contributed by atoms with Crippen LogP contribution in [0.4, 0.5) is 13.2 Å². The number of methoxy groups -OCH3 is 1. The van der Waals surface area contributed by atoms with E-state index in [0.717, 1.165) is 0 Å². The summed E-state index contributed by atoms with van der Waals surface area (Å²) in [5.74, 6) is 0. The lowest BCUT2D eigenvalue weighted by Gasteiger charge is -2.19. The number of ether oxygens (including phenoxy) is 1. The number of hydrogen-bond donors (Lipinski definition) is 0. The molecule has 0 radical (unpaired) electrons. The molecule has 1 saturated heterocycles. The Morgan fingerprint density at radius 1 is 1.33 bits per heavy atom. The van der Waals surface area contributed by atoms with E-state index in [9.17, 15) is 13.2 Å². The Morgan fingerprint density at radius 3 is 2.42 bits per heavy atom. The van der Waals surface area contributed by atoms with Crippen molar-refractivity contribution in [1.82, 2.24) is 9.80 Å². The van der Waals surface area contributed by atoms with Crippen LogP contribution >= 0.6 is 0 Å². The first-order valence-electron chi connectivity index (χ1n) is 3.57. The summed E-state index contributed by atoms with van der Waals surface area (Å²) in [6, 6.07) is 0. The van der Waals surface area contributed by atoms with Crippen molar-refractivity contribution in [2.75, 3.05) is 33.6 Å². The van der Waals surface area contributed by atoms with Crippen molar-refractivity contribution in [3.63, 3.8) is 0 Å². The molecular formula is C6H11F3N2O. The fourth-order valence-electron chi connectivity index (χ4n) is 1.14. The van der Waals surface area contributed by atoms with Gasteiger partial charge in [-0.05, 0) is 0 Å². The maximum Gasteiger partial charge on any atom is 0.461 e. The van der Waals surface area contributed by atoms with E-state index in [4.69, 9.17) is 4.74 Å². The van der Waals surface area contributed by atoms with E-state index in [2.05, 4.69) is 0 Å². The molecule has 0 spiro atoms. The van der Waals surface area contributed by atoms with Gasteiger partial charge in [0.25, 0.3) is 0 Å². The molecule has 0 bridgehead atoms. The van der Waals surface area contributed by atoms with Crippen LogP contribution in [0.5, 0.6) is 0 Å². The lowest BCUT2D eigenvalue weighted by molar-refractivity contribution is -0.242. The third-order valence-electron chi connectivity index (χ3n) is 1.73. The molecule has 72 valence electrons. The van der Waals surface area contributed by atoms with Gasteiger partial charge in [-0.3, -0.25) is 4.90 Å². The second-order valence-electron chi connectivity index (χ2n) is 2.68. The SMILES string of the molecule is COCN1CCN(C(F)(F)F)C1. The molecule has 12 heavy (non-hydrogen) atoms. The van der Waals surface area contributed by atoms with Gasteiger partial charge >= 0.3 is 6.30 Å². The Hall–Kier alpha value is -0.330. The quantitative estimate of drug-likeness (QED) is 0.587. The Balaban J connectivity index is 2.35. The van der Waals surface area contributed by atoms with Crippen molar-refractivity contribution < 1.29 is 17.9 Å². The highest BCUT2D eigenvalue weighted by molar-refractivity contribution is 4.70. The molecule has 1 aliphatic heterocycles. The molecule has 1 aliphatic rings. The fourth-order valence-corrected chi connectivity index (χ4v) is 1.14. The standard InChI is InChI=1S/C6H11F3N2O/c1-12-5-10-2-3-11(4-10)6(7,8)9/h2-5H2,1H3. The second-order valence-corrected chi connectivity index (χ2v) is 2.68. The molecule has 0 saturated carbocycles. The van der Waals surface area contributed by atoms with Crippen LogP contribution in [-0.4, -0.2) is 49.7 Å². The monoisotopic (exact) mass is 184 g/mol. The minimum Gasteiger partial charge on any atom is -0.369 e. The smallest absolute Gasteiger partial charge is 0.369 e. The Labute approximate surface area is 68.7 Å². The highest BCUT2D eigenvalue weighted by atomic mass is 19.4. The lowest BCUT2D eigenvalue weighted by Crippen LogP contribution is -2.37. The van der Waals surface area contributed by atoms with Gasteiger partial charge < -0.3 is 4.74 Å². The van der Waals surface area contributed by atoms with E-state index in [0.29, 0.717) is 11.4 Å². The average Bonchev–Trinajstić information content (AvgIpc) is 2.35. The molecule has 0 atom stereocenters. The number of rotatable bonds is 2. The summed E-state index contributed by atoms with van der Waals surface area (Å²) >= 11 is 0. The van der Waals surface area contributed by atoms with Crippen molar-refractivity contribution in [1.29, 1.82) is 0 Å². The van der Waals surface area contributed by atoms with Gasteiger partial charge in [-0.2, -0.15) is 18.1 Å². The van der Waals surface area contributed by atoms with Gasteiger partial charge in [0.15, 0.2) is 0 Å². The summed E-state index contributed by atoms with van der Waals surface area (Å²) in [4.78, 5) is 2.06. The van der Waals surface area contributed by atoms with Crippen LogP contribution in [-0.2, 0) is 4.74 Å². The van der Waals surface area contributed by atoms with Crippen molar-refractivity contribution >= 4 is 0 Å². The van der Waals surface area contributed by atoms with Gasteiger partial charge in [-0.25, -0.2) is 0 Å². The highest BCUT2D eigenvalue weighted by Crippen LogP contribution is 2.23. The van der Waals surface area contributed by atoms with Crippen LogP contribution in [0.2, 0.25) is 0 Å². The van der Waals surface area contributed by atoms with E-state index in [1.54, 1.807) is 4.90 Å². The van der Waals surface area contributed by atoms with Crippen LogP contribution in [0, 0.1) is 0 Å². The van der Waals surface area contributed by atoms with E-state index in [1.807, 2.05) is 0 Å². The van der Waals surface area contributed by atoms with Crippen molar-refractivity contribution in [2.45, 2.75) is 6.30 Å². The van der Waals surface area contributed by atoms with Gasteiger partial charge in [-0.15, -0.1) is 0 Å². The molecule has 1 rings (SSSR count). The first-order chi connectivity index (χ1) is 5.54. The summed E-state index contributed by atoms with van der Waals surface area (Å²) in [7, 11) is 1.47. The number of alkyl halides is 3. The van der Waals surface area contributed by atoms with Crippen molar-refractivity contribution in [2.24, 2.45) is 0 Å². The zero-order valence-electron chi connectivity index (χ0n) is 6.76. The molecule has 6 heteroatoms. The van der Waals surface area contributed by atoms with Crippen LogP contribution in [0.25, 0.3) is 0 Å². The lowest BCUT2D eigenvalue weighted by atomic mass is 10.6. The maximum absolute atomic E-state index is 12.0. The predicted octanol–water partition coefficient (Wildman–Crippen LogP) is 0.685. The van der Waals surface area contributed by atoms with Gasteiger partial charge in [-0.1, -0.05) is 0 Å². The predicted molar refractivity (Wildman–Crippen MR) is 36.2 cm³/mol. The highest BCUT2D eigenvalue weighted by Gasteiger charge is 2.40. The zero-order valence-corrected chi connectivity index (χ0v) is 6.76. The molecule has 0 unspecified atom stereocenters. The number of hydrogen-bond acceptors (Lipinski definition) is 3. The number of nitrogens with zero attached hydrogens (tertiary/aromatic N) is 2. The van der Waals surface area contributed by atoms with Crippen LogP contribution in [0.3, 0.4) is 0 Å². The average molecular weight is 184 g/mol. The van der Waals surface area contributed by atoms with Gasteiger partial charge in [0.1, 0.15) is 0 Å². The zero-order chi connectivity index (χ0) is 9.19. The first kappa shape index (κ1) is 9.76. The molecule has 0 aromatic rings. The summed E-state index contributed by atoms with van der Waals surface area (Å²) < 4.78 is 40.8. The summed E-state index contributed by atoms with van der Waals surface area (Å²) in [6.07, 6.45) is -4.21. The van der Waals surface area contributed by atoms with Gasteiger partial charge in [0.05, 0.1) is 13.4 Å². The fraction of sp³-hybridized carbons (Fsp3) is 1.00. The van der Waals surface area contributed by atoms with E-state index < -0.39 is 6.30 Å². The molecule has 3 nitrogen and oxygen atoms in total. The minimum atomic E-state index is -4.21. The molecule has 0 amide bonds. The maximum atomic E-state index is 12.0. The Morgan fingerprint density at radius 2 is 2.00 bits per heavy atom. The van der Waals surface area contributed by atoms with Crippen LogP contribution in [0.1, 0.15) is 0 Å². The first-order valence-corrected chi connectivity index (χ1v) is 3.57. The van der Waals surface area contributed by atoms with E-state index in [1.165, 1.54) is 7.11 Å². The van der Waals surface area contributed by atoms with Crippen LogP contribution in [0.15, 0.2) is 0 Å². The summed E-state index contributed by atoms with van der Waals surface area (Å²) in [5.41, 5.74) is 0. The van der Waals surface area contributed by atoms with Crippen LogP contribution < -0.4 is 0 Å². The summed E-state index contributed by atoms with van der Waals surface area (Å²) in [6.45, 7) is 0.615. The molecule has 1 heterocycles. The Kier molecular flexibility index (Phi) is 2.92. The third-order valence-corrected chi connectivity index (χ3v) is 1.73. The second kappa shape index (κ2) is 3.59. The van der Waals surface area contributed by atoms with E-state index in [-0.39, 0.29) is 19.9 Å². The third kappa shape index (κ3) is 2.33. The van der Waals surface area contributed by atoms with E-state index >= 15 is 0 Å². The van der Waals surface area contributed by atoms with Gasteiger partial charge in [0, 0.05) is 20.2 Å². The minimum absolute atomic E-state index is 0.0346. The molecule has 0 aromatic heterocycles. The van der Waals surface area contributed by atoms with Crippen molar-refractivity contribution in [3.05, 3.63) is 0 Å². The summed E-state index contributed by atoms with van der Waals surface area (Å²) in [5, 5.41) is 0. The molecule has 0 aliphatic carbocycles. The molecule has 1 fully saturated rings. The molecular weight excluding hydrogens is 173 g/mol. The topological polar surface area (TPSA) is 15.7 Å². The van der Waals surface area contributed by atoms with Crippen molar-refractivity contribution in [3.8, 4) is 0 Å². The Bertz CT molecular complexity index is 150. The molecule has 0 N–H and O–H groups in total. The molecule has 0 aromatic carbocycles. The normalized spacial score (nSPS) is 22.0.